The lowest BCUT2D eigenvalue weighted by Crippen LogP contribution is -2.03. The Morgan fingerprint density at radius 2 is 2.29 bits per heavy atom. The van der Waals surface area contributed by atoms with Gasteiger partial charge in [-0.3, -0.25) is 0 Å². The molecule has 0 saturated carbocycles. The van der Waals surface area contributed by atoms with E-state index < -0.39 is 0 Å². The fourth-order valence-electron chi connectivity index (χ4n) is 1.65. The lowest BCUT2D eigenvalue weighted by atomic mass is 10.1. The molecular formula is C11H12ClNO. The number of aliphatic hydroxyl groups is 1. The van der Waals surface area contributed by atoms with Crippen LogP contribution in [0.1, 0.15) is 12.5 Å². The van der Waals surface area contributed by atoms with Gasteiger partial charge in [0, 0.05) is 28.5 Å². The number of hydrogen-bond donors (Lipinski definition) is 2. The van der Waals surface area contributed by atoms with Crippen molar-refractivity contribution in [2.24, 2.45) is 0 Å². The van der Waals surface area contributed by atoms with Crippen LogP contribution in [0.15, 0.2) is 24.4 Å². The number of aromatic amines is 1. The van der Waals surface area contributed by atoms with Gasteiger partial charge < -0.3 is 10.1 Å². The molecule has 0 amide bonds. The Morgan fingerprint density at radius 3 is 3.00 bits per heavy atom. The second-order valence-corrected chi connectivity index (χ2v) is 3.99. The lowest BCUT2D eigenvalue weighted by Gasteiger charge is -2.01. The summed E-state index contributed by atoms with van der Waals surface area (Å²) in [5.41, 5.74) is 2.15. The number of rotatable bonds is 2. The minimum Gasteiger partial charge on any atom is -0.393 e. The number of benzene rings is 1. The van der Waals surface area contributed by atoms with Crippen molar-refractivity contribution in [1.82, 2.24) is 4.98 Å². The van der Waals surface area contributed by atoms with Crippen molar-refractivity contribution in [3.63, 3.8) is 0 Å². The number of H-pyrrole nitrogens is 1. The molecule has 3 heteroatoms. The van der Waals surface area contributed by atoms with Crippen molar-refractivity contribution in [2.75, 3.05) is 0 Å². The predicted octanol–water partition coefficient (Wildman–Crippen LogP) is 2.74. The number of nitrogens with one attached hydrogen (secondary N) is 1. The summed E-state index contributed by atoms with van der Waals surface area (Å²) in [4.78, 5) is 3.14. The van der Waals surface area contributed by atoms with Crippen molar-refractivity contribution < 1.29 is 5.11 Å². The van der Waals surface area contributed by atoms with Crippen molar-refractivity contribution in [2.45, 2.75) is 19.4 Å². The minimum atomic E-state index is -0.315. The standard InChI is InChI=1S/C11H12ClNO/c1-7(14)4-8-6-13-11-5-9(12)2-3-10(8)11/h2-3,5-7,13-14H,4H2,1H3/t7-/m0/s1. The number of fused-ring (bicyclic) bond motifs is 1. The third-order valence-corrected chi connectivity index (χ3v) is 2.48. The van der Waals surface area contributed by atoms with Crippen LogP contribution in [0, 0.1) is 0 Å². The molecule has 74 valence electrons. The molecule has 1 aromatic heterocycles. The number of hydrogen-bond acceptors (Lipinski definition) is 1. The van der Waals surface area contributed by atoms with Crippen molar-refractivity contribution in [3.05, 3.63) is 35.0 Å². The molecular weight excluding hydrogens is 198 g/mol. The van der Waals surface area contributed by atoms with Gasteiger partial charge in [0.2, 0.25) is 0 Å². The van der Waals surface area contributed by atoms with Gasteiger partial charge in [0.15, 0.2) is 0 Å². The maximum Gasteiger partial charge on any atom is 0.0553 e. The molecule has 0 aliphatic rings. The average Bonchev–Trinajstić information content (AvgIpc) is 2.47. The van der Waals surface area contributed by atoms with Crippen LogP contribution in [0.25, 0.3) is 10.9 Å². The highest BCUT2D eigenvalue weighted by Crippen LogP contribution is 2.22. The van der Waals surface area contributed by atoms with E-state index in [0.29, 0.717) is 6.42 Å². The van der Waals surface area contributed by atoms with Gasteiger partial charge in [-0.25, -0.2) is 0 Å². The van der Waals surface area contributed by atoms with Crippen LogP contribution < -0.4 is 0 Å². The van der Waals surface area contributed by atoms with Gasteiger partial charge in [-0.1, -0.05) is 17.7 Å². The number of aromatic nitrogens is 1. The predicted molar refractivity (Wildman–Crippen MR) is 58.7 cm³/mol. The third kappa shape index (κ3) is 1.76. The zero-order chi connectivity index (χ0) is 10.1. The highest BCUT2D eigenvalue weighted by molar-refractivity contribution is 6.31. The van der Waals surface area contributed by atoms with Crippen LogP contribution in [-0.4, -0.2) is 16.2 Å². The van der Waals surface area contributed by atoms with E-state index in [0.717, 1.165) is 21.5 Å². The van der Waals surface area contributed by atoms with Crippen molar-refractivity contribution in [3.8, 4) is 0 Å². The van der Waals surface area contributed by atoms with Gasteiger partial charge in [0.25, 0.3) is 0 Å². The molecule has 1 heterocycles. The Morgan fingerprint density at radius 1 is 1.50 bits per heavy atom. The summed E-state index contributed by atoms with van der Waals surface area (Å²) in [6, 6.07) is 5.73. The first-order valence-electron chi connectivity index (χ1n) is 4.60. The van der Waals surface area contributed by atoms with Gasteiger partial charge in [-0.2, -0.15) is 0 Å². The first kappa shape index (κ1) is 9.56. The smallest absolute Gasteiger partial charge is 0.0553 e. The molecule has 0 aliphatic carbocycles. The second-order valence-electron chi connectivity index (χ2n) is 3.56. The molecule has 1 aromatic carbocycles. The minimum absolute atomic E-state index is 0.315. The van der Waals surface area contributed by atoms with Crippen molar-refractivity contribution in [1.29, 1.82) is 0 Å². The Balaban J connectivity index is 2.47. The molecule has 0 radical (unpaired) electrons. The molecule has 0 saturated heterocycles. The molecule has 0 unspecified atom stereocenters. The zero-order valence-electron chi connectivity index (χ0n) is 7.92. The highest BCUT2D eigenvalue weighted by atomic mass is 35.5. The summed E-state index contributed by atoms with van der Waals surface area (Å²) in [5.74, 6) is 0. The van der Waals surface area contributed by atoms with Gasteiger partial charge in [0.1, 0.15) is 0 Å². The number of halogens is 1. The van der Waals surface area contributed by atoms with E-state index in [4.69, 9.17) is 11.6 Å². The highest BCUT2D eigenvalue weighted by Gasteiger charge is 2.06. The van der Waals surface area contributed by atoms with Gasteiger partial charge in [-0.15, -0.1) is 0 Å². The molecule has 0 spiro atoms. The van der Waals surface area contributed by atoms with E-state index in [1.54, 1.807) is 6.92 Å². The zero-order valence-corrected chi connectivity index (χ0v) is 8.67. The van der Waals surface area contributed by atoms with E-state index >= 15 is 0 Å². The summed E-state index contributed by atoms with van der Waals surface area (Å²) >= 11 is 5.86. The van der Waals surface area contributed by atoms with Crippen LogP contribution >= 0.6 is 11.6 Å². The Hall–Kier alpha value is -0.990. The van der Waals surface area contributed by atoms with Gasteiger partial charge >= 0.3 is 0 Å². The average molecular weight is 210 g/mol. The fourth-order valence-corrected chi connectivity index (χ4v) is 1.82. The molecule has 2 rings (SSSR count). The summed E-state index contributed by atoms with van der Waals surface area (Å²) in [6.07, 6.45) is 2.28. The first-order chi connectivity index (χ1) is 6.66. The SMILES string of the molecule is C[C@H](O)Cc1c[nH]c2cc(Cl)ccc12. The van der Waals surface area contributed by atoms with E-state index in [2.05, 4.69) is 4.98 Å². The molecule has 0 aliphatic heterocycles. The third-order valence-electron chi connectivity index (χ3n) is 2.24. The van der Waals surface area contributed by atoms with Gasteiger partial charge in [0.05, 0.1) is 6.10 Å². The fraction of sp³-hybridized carbons (Fsp3) is 0.273. The normalized spacial score (nSPS) is 13.4. The molecule has 1 atom stereocenters. The molecule has 2 nitrogen and oxygen atoms in total. The van der Waals surface area contributed by atoms with Crippen LogP contribution in [0.2, 0.25) is 5.02 Å². The van der Waals surface area contributed by atoms with Crippen molar-refractivity contribution >= 4 is 22.5 Å². The Bertz CT molecular complexity index is 447. The van der Waals surface area contributed by atoms with Crippen LogP contribution in [0.3, 0.4) is 0 Å². The second kappa shape index (κ2) is 3.64. The number of aliphatic hydroxyl groups excluding tert-OH is 1. The molecule has 2 N–H and O–H groups in total. The summed E-state index contributed by atoms with van der Waals surface area (Å²) in [5, 5.41) is 11.2. The summed E-state index contributed by atoms with van der Waals surface area (Å²) in [6.45, 7) is 1.79. The van der Waals surface area contributed by atoms with E-state index in [9.17, 15) is 5.11 Å². The summed E-state index contributed by atoms with van der Waals surface area (Å²) in [7, 11) is 0. The van der Waals surface area contributed by atoms with Crippen LogP contribution in [-0.2, 0) is 6.42 Å². The monoisotopic (exact) mass is 209 g/mol. The van der Waals surface area contributed by atoms with E-state index in [1.165, 1.54) is 0 Å². The van der Waals surface area contributed by atoms with Crippen LogP contribution in [0.4, 0.5) is 0 Å². The largest absolute Gasteiger partial charge is 0.393 e. The molecule has 14 heavy (non-hydrogen) atoms. The topological polar surface area (TPSA) is 36.0 Å². The quantitative estimate of drug-likeness (QED) is 0.784. The van der Waals surface area contributed by atoms with Crippen LogP contribution in [0.5, 0.6) is 0 Å². The van der Waals surface area contributed by atoms with Gasteiger partial charge in [-0.05, 0) is 24.6 Å². The Labute approximate surface area is 87.5 Å². The van der Waals surface area contributed by atoms with E-state index in [1.807, 2.05) is 24.4 Å². The first-order valence-corrected chi connectivity index (χ1v) is 4.98. The molecule has 2 aromatic rings. The maximum atomic E-state index is 9.30. The maximum absolute atomic E-state index is 9.30. The van der Waals surface area contributed by atoms with E-state index in [-0.39, 0.29) is 6.10 Å². The molecule has 0 fully saturated rings. The lowest BCUT2D eigenvalue weighted by molar-refractivity contribution is 0.196. The Kier molecular flexibility index (Phi) is 2.48. The summed E-state index contributed by atoms with van der Waals surface area (Å²) < 4.78 is 0. The molecule has 0 bridgehead atoms.